The Balaban J connectivity index is 1.68. The third kappa shape index (κ3) is 3.23. The Morgan fingerprint density at radius 2 is 1.66 bits per heavy atom. The number of aliphatic imine (C=N–C) groups is 1. The van der Waals surface area contributed by atoms with Crippen LogP contribution in [0.4, 0.5) is 0 Å². The van der Waals surface area contributed by atoms with Gasteiger partial charge in [0.05, 0.1) is 17.2 Å². The Kier molecular flexibility index (Phi) is 5.12. The summed E-state index contributed by atoms with van der Waals surface area (Å²) in [6.07, 6.45) is 0. The van der Waals surface area contributed by atoms with E-state index >= 15 is 0 Å². The van der Waals surface area contributed by atoms with E-state index in [4.69, 9.17) is 37.8 Å². The number of halogens is 2. The van der Waals surface area contributed by atoms with Crippen molar-refractivity contribution in [1.82, 2.24) is 5.32 Å². The molecule has 0 unspecified atom stereocenters. The number of nitrogens with one attached hydrogen (secondary N) is 1. The van der Waals surface area contributed by atoms with Crippen molar-refractivity contribution < 1.29 is 14.4 Å². The second-order valence-corrected chi connectivity index (χ2v) is 8.16. The lowest BCUT2D eigenvalue weighted by atomic mass is 9.82. The lowest BCUT2D eigenvalue weighted by Gasteiger charge is -2.24. The van der Waals surface area contributed by atoms with Gasteiger partial charge in [0.25, 0.3) is 5.91 Å². The predicted molar refractivity (Wildman–Crippen MR) is 124 cm³/mol. The van der Waals surface area contributed by atoms with E-state index in [0.717, 1.165) is 11.1 Å². The predicted octanol–water partition coefficient (Wildman–Crippen LogP) is 4.79. The summed E-state index contributed by atoms with van der Waals surface area (Å²) in [5.41, 5.74) is 0.825. The molecule has 3 aromatic carbocycles. The zero-order valence-electron chi connectivity index (χ0n) is 16.9. The minimum Gasteiger partial charge on any atom is -0.497 e. The third-order valence-corrected chi connectivity index (χ3v) is 6.13. The molecule has 0 saturated carbocycles. The van der Waals surface area contributed by atoms with Crippen LogP contribution in [0.3, 0.4) is 0 Å². The van der Waals surface area contributed by atoms with Gasteiger partial charge < -0.3 is 14.9 Å². The minimum absolute atomic E-state index is 0.404. The summed E-state index contributed by atoms with van der Waals surface area (Å²) in [6.45, 7) is 0. The molecule has 6 nitrogen and oxygen atoms in total. The summed E-state index contributed by atoms with van der Waals surface area (Å²) in [6, 6.07) is 21.9. The number of carbonyl (C=O) groups excluding carboxylic acids is 1. The van der Waals surface area contributed by atoms with Crippen molar-refractivity contribution in [2.24, 2.45) is 10.1 Å². The molecule has 3 aromatic rings. The maximum Gasteiger partial charge on any atom is 0.319 e. The van der Waals surface area contributed by atoms with Gasteiger partial charge >= 0.3 is 5.72 Å². The fourth-order valence-electron chi connectivity index (χ4n) is 3.95. The van der Waals surface area contributed by atoms with E-state index in [-0.39, 0.29) is 0 Å². The van der Waals surface area contributed by atoms with E-state index in [1.807, 2.05) is 54.6 Å². The highest BCUT2D eigenvalue weighted by Gasteiger charge is 2.60. The molecule has 0 fully saturated rings. The number of amides is 1. The van der Waals surface area contributed by atoms with Crippen molar-refractivity contribution in [1.29, 1.82) is 0 Å². The van der Waals surface area contributed by atoms with Crippen molar-refractivity contribution in [2.45, 2.75) is 11.6 Å². The fourth-order valence-corrected chi connectivity index (χ4v) is 4.55. The monoisotopic (exact) mass is 465 g/mol. The van der Waals surface area contributed by atoms with Gasteiger partial charge in [0.15, 0.2) is 0 Å². The van der Waals surface area contributed by atoms with Crippen molar-refractivity contribution in [3.05, 3.63) is 99.5 Å². The van der Waals surface area contributed by atoms with Crippen LogP contribution in [0, 0.1) is 0 Å². The zero-order chi connectivity index (χ0) is 22.3. The van der Waals surface area contributed by atoms with Gasteiger partial charge in [-0.15, -0.1) is 0 Å². The van der Waals surface area contributed by atoms with Gasteiger partial charge in [-0.3, -0.25) is 4.79 Å². The summed E-state index contributed by atoms with van der Waals surface area (Å²) in [5, 5.41) is 7.95. The summed E-state index contributed by atoms with van der Waals surface area (Å²) in [7, 11) is 1.59. The molecule has 8 heteroatoms. The maximum atomic E-state index is 13.3. The molecule has 32 heavy (non-hydrogen) atoms. The van der Waals surface area contributed by atoms with Crippen LogP contribution in [0.15, 0.2) is 82.9 Å². The second kappa shape index (κ2) is 7.97. The number of nitrogens with zero attached hydrogens (tertiary/aromatic N) is 2. The van der Waals surface area contributed by atoms with E-state index in [1.165, 1.54) is 0 Å². The van der Waals surface area contributed by atoms with Crippen LogP contribution < -0.4 is 10.1 Å². The normalized spacial score (nSPS) is 21.7. The minimum atomic E-state index is -1.63. The number of methoxy groups -OCH3 is 1. The molecule has 1 N–H and O–H groups in total. The number of amidine groups is 1. The molecule has 160 valence electrons. The van der Waals surface area contributed by atoms with Crippen LogP contribution in [0.1, 0.15) is 22.6 Å². The van der Waals surface area contributed by atoms with E-state index in [0.29, 0.717) is 32.9 Å². The Morgan fingerprint density at radius 3 is 2.31 bits per heavy atom. The van der Waals surface area contributed by atoms with Crippen molar-refractivity contribution in [2.75, 3.05) is 7.11 Å². The van der Waals surface area contributed by atoms with E-state index in [9.17, 15) is 4.79 Å². The average molecular weight is 466 g/mol. The number of hydrogen-bond donors (Lipinski definition) is 1. The van der Waals surface area contributed by atoms with Crippen LogP contribution in [0.25, 0.3) is 0 Å². The molecule has 1 amide bonds. The molecule has 5 rings (SSSR count). The standard InChI is InChI=1S/C24H17Cl2N3O3/c1-31-16-12-10-14(11-13-16)20-21(19-17(25)8-5-9-18(19)26)29-32-24(20)23(30)27-22(28-24)15-6-3-2-4-7-15/h2-13,20H,1H3,(H,27,28,30)/t20-,24-/m1/s1. The maximum absolute atomic E-state index is 13.3. The molecule has 0 saturated heterocycles. The number of rotatable bonds is 4. The Morgan fingerprint density at radius 1 is 0.969 bits per heavy atom. The second-order valence-electron chi connectivity index (χ2n) is 7.35. The van der Waals surface area contributed by atoms with E-state index in [1.54, 1.807) is 25.3 Å². The van der Waals surface area contributed by atoms with Gasteiger partial charge in [0.2, 0.25) is 0 Å². The topological polar surface area (TPSA) is 72.3 Å². The number of hydrogen-bond acceptors (Lipinski definition) is 5. The Bertz CT molecular complexity index is 1240. The first-order chi connectivity index (χ1) is 15.5. The van der Waals surface area contributed by atoms with Crippen molar-refractivity contribution in [3.8, 4) is 5.75 Å². The summed E-state index contributed by atoms with van der Waals surface area (Å²) in [5.74, 6) is -0.0118. The first-order valence-electron chi connectivity index (χ1n) is 9.84. The van der Waals surface area contributed by atoms with Crippen LogP contribution >= 0.6 is 23.2 Å². The average Bonchev–Trinajstić information content (AvgIpc) is 3.35. The molecule has 2 aliphatic heterocycles. The number of oxime groups is 1. The first kappa shape index (κ1) is 20.5. The summed E-state index contributed by atoms with van der Waals surface area (Å²) >= 11 is 13.0. The summed E-state index contributed by atoms with van der Waals surface area (Å²) in [4.78, 5) is 23.8. The molecular weight excluding hydrogens is 449 g/mol. The highest BCUT2D eigenvalue weighted by Crippen LogP contribution is 2.46. The van der Waals surface area contributed by atoms with E-state index < -0.39 is 17.6 Å². The lowest BCUT2D eigenvalue weighted by Crippen LogP contribution is -2.45. The van der Waals surface area contributed by atoms with Gasteiger partial charge in [-0.05, 0) is 29.8 Å². The van der Waals surface area contributed by atoms with Crippen molar-refractivity contribution >= 4 is 40.7 Å². The molecule has 2 atom stereocenters. The quantitative estimate of drug-likeness (QED) is 0.601. The lowest BCUT2D eigenvalue weighted by molar-refractivity contribution is -0.140. The smallest absolute Gasteiger partial charge is 0.319 e. The molecule has 0 bridgehead atoms. The molecule has 2 aliphatic rings. The highest BCUT2D eigenvalue weighted by molar-refractivity contribution is 6.41. The number of ether oxygens (including phenoxy) is 1. The Labute approximate surface area is 194 Å². The Hall–Kier alpha value is -3.35. The first-order valence-corrected chi connectivity index (χ1v) is 10.6. The third-order valence-electron chi connectivity index (χ3n) is 5.50. The molecule has 0 aromatic heterocycles. The van der Waals surface area contributed by atoms with Gasteiger partial charge in [0, 0.05) is 11.1 Å². The largest absolute Gasteiger partial charge is 0.497 e. The van der Waals surface area contributed by atoms with Crippen LogP contribution in [0.5, 0.6) is 5.75 Å². The van der Waals surface area contributed by atoms with Crippen LogP contribution in [-0.4, -0.2) is 30.3 Å². The van der Waals surface area contributed by atoms with Gasteiger partial charge in [-0.1, -0.05) is 76.9 Å². The molecule has 1 spiro atoms. The highest BCUT2D eigenvalue weighted by atomic mass is 35.5. The van der Waals surface area contributed by atoms with Gasteiger partial charge in [-0.25, -0.2) is 4.99 Å². The van der Waals surface area contributed by atoms with E-state index in [2.05, 4.69) is 10.5 Å². The molecule has 0 aliphatic carbocycles. The SMILES string of the molecule is COc1ccc([C@@H]2C(c3c(Cl)cccc3Cl)=NO[C@]23N=C(c2ccccc2)NC3=O)cc1. The van der Waals surface area contributed by atoms with Crippen molar-refractivity contribution in [3.63, 3.8) is 0 Å². The molecule has 0 radical (unpaired) electrons. The number of carbonyl (C=O) groups is 1. The molecule has 2 heterocycles. The fraction of sp³-hybridized carbons (Fsp3) is 0.125. The molecular formula is C24H17Cl2N3O3. The van der Waals surface area contributed by atoms with Gasteiger partial charge in [-0.2, -0.15) is 0 Å². The van der Waals surface area contributed by atoms with Gasteiger partial charge in [0.1, 0.15) is 23.2 Å². The summed E-state index contributed by atoms with van der Waals surface area (Å²) < 4.78 is 5.28. The zero-order valence-corrected chi connectivity index (χ0v) is 18.4. The van der Waals surface area contributed by atoms with Crippen LogP contribution in [-0.2, 0) is 9.63 Å². The number of benzene rings is 3. The van der Waals surface area contributed by atoms with Crippen LogP contribution in [0.2, 0.25) is 10.0 Å².